The van der Waals surface area contributed by atoms with Crippen LogP contribution in [-0.4, -0.2) is 30.6 Å². The number of aliphatic hydroxyl groups excluding tert-OH is 1. The minimum Gasteiger partial charge on any atom is -0.510 e. The average molecular weight is 434 g/mol. The molecule has 4 rings (SSSR count). The summed E-state index contributed by atoms with van der Waals surface area (Å²) in [5, 5.41) is 30.1. The number of benzene rings is 2. The molecule has 6 nitrogen and oxygen atoms in total. The number of nitriles is 1. The molecule has 0 aliphatic rings. The molecule has 0 bridgehead atoms. The minimum absolute atomic E-state index is 0.00989. The molecule has 0 spiro atoms. The van der Waals surface area contributed by atoms with Crippen molar-refractivity contribution < 1.29 is 5.11 Å². The molecule has 0 aliphatic heterocycles. The van der Waals surface area contributed by atoms with E-state index in [9.17, 15) is 10.4 Å². The SMILES string of the molecule is CCn1c(SC/C(O)=C(/C#N)c2nc3ccccc3s2)nnc1-c1cccc(C)c1. The van der Waals surface area contributed by atoms with Crippen LogP contribution < -0.4 is 0 Å². The maximum atomic E-state index is 10.6. The fourth-order valence-electron chi connectivity index (χ4n) is 3.10. The Kier molecular flexibility index (Phi) is 5.84. The summed E-state index contributed by atoms with van der Waals surface area (Å²) in [6.07, 6.45) is 0. The first-order chi connectivity index (χ1) is 14.6. The van der Waals surface area contributed by atoms with Gasteiger partial charge in [0.1, 0.15) is 22.4 Å². The fraction of sp³-hybridized carbons (Fsp3) is 0.182. The van der Waals surface area contributed by atoms with Gasteiger partial charge in [-0.05, 0) is 32.0 Å². The zero-order valence-electron chi connectivity index (χ0n) is 16.5. The van der Waals surface area contributed by atoms with Gasteiger partial charge in [-0.3, -0.25) is 0 Å². The molecule has 0 saturated carbocycles. The number of aliphatic hydroxyl groups is 1. The molecule has 1 N–H and O–H groups in total. The summed E-state index contributed by atoms with van der Waals surface area (Å²) in [4.78, 5) is 4.48. The first-order valence-corrected chi connectivity index (χ1v) is 11.2. The van der Waals surface area contributed by atoms with E-state index < -0.39 is 0 Å². The first kappa shape index (κ1) is 20.1. The Bertz CT molecular complexity index is 1250. The third-order valence-corrected chi connectivity index (χ3v) is 6.59. The molecule has 4 aromatic rings. The van der Waals surface area contributed by atoms with E-state index in [1.807, 2.05) is 60.9 Å². The van der Waals surface area contributed by atoms with E-state index in [0.29, 0.717) is 16.7 Å². The van der Waals surface area contributed by atoms with Crippen LogP contribution in [0.1, 0.15) is 17.5 Å². The van der Waals surface area contributed by atoms with Gasteiger partial charge in [0.15, 0.2) is 11.0 Å². The van der Waals surface area contributed by atoms with Gasteiger partial charge in [0.2, 0.25) is 0 Å². The molecule has 0 unspecified atom stereocenters. The summed E-state index contributed by atoms with van der Waals surface area (Å²) in [5.74, 6) is 0.994. The molecule has 0 atom stereocenters. The molecule has 30 heavy (non-hydrogen) atoms. The second kappa shape index (κ2) is 8.69. The number of nitrogens with zero attached hydrogens (tertiary/aromatic N) is 5. The van der Waals surface area contributed by atoms with Gasteiger partial charge in [-0.15, -0.1) is 21.5 Å². The summed E-state index contributed by atoms with van der Waals surface area (Å²) in [7, 11) is 0. The monoisotopic (exact) mass is 433 g/mol. The third kappa shape index (κ3) is 3.95. The van der Waals surface area contributed by atoms with Crippen LogP contribution in [0.5, 0.6) is 0 Å². The molecule has 2 aromatic heterocycles. The Morgan fingerprint density at radius 2 is 2.03 bits per heavy atom. The number of rotatable bonds is 6. The van der Waals surface area contributed by atoms with Crippen molar-refractivity contribution in [1.82, 2.24) is 19.7 Å². The highest BCUT2D eigenvalue weighted by Gasteiger charge is 2.17. The fourth-order valence-corrected chi connectivity index (χ4v) is 4.96. The Hall–Kier alpha value is -3.15. The maximum absolute atomic E-state index is 10.6. The minimum atomic E-state index is -0.00989. The van der Waals surface area contributed by atoms with Gasteiger partial charge < -0.3 is 9.67 Å². The molecule has 0 amide bonds. The lowest BCUT2D eigenvalue weighted by Crippen LogP contribution is -2.01. The number of fused-ring (bicyclic) bond motifs is 1. The van der Waals surface area contributed by atoms with Crippen molar-refractivity contribution in [1.29, 1.82) is 5.26 Å². The second-order valence-electron chi connectivity index (χ2n) is 6.63. The van der Waals surface area contributed by atoms with Crippen LogP contribution in [-0.2, 0) is 6.54 Å². The van der Waals surface area contributed by atoms with Crippen LogP contribution in [0.15, 0.2) is 59.4 Å². The zero-order chi connectivity index (χ0) is 21.1. The van der Waals surface area contributed by atoms with Crippen molar-refractivity contribution in [2.45, 2.75) is 25.5 Å². The van der Waals surface area contributed by atoms with Crippen LogP contribution in [0.25, 0.3) is 27.2 Å². The highest BCUT2D eigenvalue weighted by atomic mass is 32.2. The van der Waals surface area contributed by atoms with E-state index in [0.717, 1.165) is 27.2 Å². The third-order valence-electron chi connectivity index (χ3n) is 4.56. The Morgan fingerprint density at radius 3 is 2.77 bits per heavy atom. The Labute approximate surface area is 182 Å². The zero-order valence-corrected chi connectivity index (χ0v) is 18.2. The maximum Gasteiger partial charge on any atom is 0.191 e. The van der Waals surface area contributed by atoms with Gasteiger partial charge in [0.05, 0.1) is 16.0 Å². The van der Waals surface area contributed by atoms with Crippen LogP contribution in [0, 0.1) is 18.3 Å². The molecule has 2 aromatic carbocycles. The topological polar surface area (TPSA) is 87.6 Å². The summed E-state index contributed by atoms with van der Waals surface area (Å²) in [5.41, 5.74) is 3.18. The van der Waals surface area contributed by atoms with Gasteiger partial charge in [-0.1, -0.05) is 47.7 Å². The number of allylic oxidation sites excluding steroid dienone is 1. The highest BCUT2D eigenvalue weighted by Crippen LogP contribution is 2.30. The first-order valence-electron chi connectivity index (χ1n) is 9.42. The Morgan fingerprint density at radius 1 is 1.20 bits per heavy atom. The molecular formula is C22H19N5OS2. The predicted octanol–water partition coefficient (Wildman–Crippen LogP) is 5.47. The lowest BCUT2D eigenvalue weighted by atomic mass is 10.1. The number of para-hydroxylation sites is 1. The smallest absolute Gasteiger partial charge is 0.191 e. The number of hydrogen-bond acceptors (Lipinski definition) is 7. The van der Waals surface area contributed by atoms with Gasteiger partial charge in [-0.25, -0.2) is 4.98 Å². The van der Waals surface area contributed by atoms with E-state index in [1.165, 1.54) is 23.1 Å². The molecule has 150 valence electrons. The van der Waals surface area contributed by atoms with Gasteiger partial charge >= 0.3 is 0 Å². The van der Waals surface area contributed by atoms with Gasteiger partial charge in [0, 0.05) is 12.1 Å². The van der Waals surface area contributed by atoms with Crippen molar-refractivity contribution in [3.05, 3.63) is 64.9 Å². The lowest BCUT2D eigenvalue weighted by molar-refractivity contribution is 0.420. The van der Waals surface area contributed by atoms with E-state index in [1.54, 1.807) is 0 Å². The average Bonchev–Trinajstić information content (AvgIpc) is 3.36. The van der Waals surface area contributed by atoms with Crippen molar-refractivity contribution in [3.8, 4) is 17.5 Å². The summed E-state index contributed by atoms with van der Waals surface area (Å²) in [6, 6.07) is 17.9. The largest absolute Gasteiger partial charge is 0.510 e. The second-order valence-corrected chi connectivity index (χ2v) is 8.60. The summed E-state index contributed by atoms with van der Waals surface area (Å²) < 4.78 is 2.99. The van der Waals surface area contributed by atoms with Crippen LogP contribution in [0.4, 0.5) is 0 Å². The molecule has 2 heterocycles. The number of aromatic nitrogens is 4. The predicted molar refractivity (Wildman–Crippen MR) is 121 cm³/mol. The molecule has 0 saturated heterocycles. The number of thiazole rings is 1. The number of thioether (sulfide) groups is 1. The molecule has 0 fully saturated rings. The van der Waals surface area contributed by atoms with Crippen LogP contribution in [0.2, 0.25) is 0 Å². The van der Waals surface area contributed by atoms with Crippen LogP contribution >= 0.6 is 23.1 Å². The van der Waals surface area contributed by atoms with Crippen molar-refractivity contribution in [3.63, 3.8) is 0 Å². The molecular weight excluding hydrogens is 414 g/mol. The Balaban J connectivity index is 1.59. The normalized spacial score (nSPS) is 12.0. The van der Waals surface area contributed by atoms with E-state index >= 15 is 0 Å². The molecule has 0 radical (unpaired) electrons. The van der Waals surface area contributed by atoms with Crippen LogP contribution in [0.3, 0.4) is 0 Å². The number of aryl methyl sites for hydroxylation is 1. The van der Waals surface area contributed by atoms with Crippen molar-refractivity contribution >= 4 is 38.9 Å². The molecule has 8 heteroatoms. The molecule has 0 aliphatic carbocycles. The summed E-state index contributed by atoms with van der Waals surface area (Å²) >= 11 is 2.75. The van der Waals surface area contributed by atoms with Gasteiger partial charge in [0.25, 0.3) is 0 Å². The van der Waals surface area contributed by atoms with E-state index in [-0.39, 0.29) is 17.1 Å². The van der Waals surface area contributed by atoms with Crippen molar-refractivity contribution in [2.75, 3.05) is 5.75 Å². The van der Waals surface area contributed by atoms with Crippen molar-refractivity contribution in [2.24, 2.45) is 0 Å². The lowest BCUT2D eigenvalue weighted by Gasteiger charge is -2.08. The highest BCUT2D eigenvalue weighted by molar-refractivity contribution is 7.99. The van der Waals surface area contributed by atoms with E-state index in [2.05, 4.69) is 27.3 Å². The standard InChI is InChI=1S/C22H19N5OS2/c1-3-27-20(15-8-6-7-14(2)11-15)25-26-22(27)29-13-18(28)16(12-23)21-24-17-9-4-5-10-19(17)30-21/h4-11,28H,3,13H2,1-2H3/b18-16+. The quantitative estimate of drug-likeness (QED) is 0.246. The van der Waals surface area contributed by atoms with Gasteiger partial charge in [-0.2, -0.15) is 5.26 Å². The van der Waals surface area contributed by atoms with E-state index in [4.69, 9.17) is 0 Å². The number of hydrogen-bond donors (Lipinski definition) is 1. The summed E-state index contributed by atoms with van der Waals surface area (Å²) in [6.45, 7) is 4.77.